The van der Waals surface area contributed by atoms with Crippen molar-refractivity contribution in [2.45, 2.75) is 28.4 Å². The second-order valence-corrected chi connectivity index (χ2v) is 10.8. The molecule has 0 aromatic heterocycles. The molecule has 2 aromatic carbocycles. The maximum absolute atomic E-state index is 13.6. The summed E-state index contributed by atoms with van der Waals surface area (Å²) in [5.74, 6) is -2.55. The van der Waals surface area contributed by atoms with E-state index in [-0.39, 0.29) is 18.4 Å². The van der Waals surface area contributed by atoms with E-state index in [9.17, 15) is 14.4 Å². The quantitative estimate of drug-likeness (QED) is 0.243. The van der Waals surface area contributed by atoms with Crippen LogP contribution in [0.15, 0.2) is 48.5 Å². The van der Waals surface area contributed by atoms with Gasteiger partial charge in [0.15, 0.2) is 0 Å². The molecule has 2 bridgehead atoms. The molecule has 0 radical (unpaired) electrons. The number of rotatable bonds is 5. The fourth-order valence-electron chi connectivity index (χ4n) is 5.39. The van der Waals surface area contributed by atoms with E-state index in [0.717, 1.165) is 40.0 Å². The number of halogens is 2. The SMILES string of the molecule is CCCCOC(=O)CN1C(=O)[C@H]2[C@H](C1=O)C1(Br)c3ccccc3C2(Br)c2ccccc21. The minimum Gasteiger partial charge on any atom is -0.464 e. The predicted molar refractivity (Wildman–Crippen MR) is 122 cm³/mol. The zero-order valence-electron chi connectivity index (χ0n) is 16.9. The number of amides is 2. The zero-order valence-corrected chi connectivity index (χ0v) is 20.1. The third-order valence-electron chi connectivity index (χ3n) is 6.72. The molecule has 0 N–H and O–H groups in total. The molecular formula is C24H21Br2NO4. The third kappa shape index (κ3) is 2.62. The van der Waals surface area contributed by atoms with Gasteiger partial charge in [-0.15, -0.1) is 0 Å². The highest BCUT2D eigenvalue weighted by molar-refractivity contribution is 9.10. The second-order valence-electron chi connectivity index (χ2n) is 8.31. The highest BCUT2D eigenvalue weighted by Crippen LogP contribution is 2.70. The molecule has 160 valence electrons. The van der Waals surface area contributed by atoms with Crippen molar-refractivity contribution in [1.82, 2.24) is 4.90 Å². The molecule has 31 heavy (non-hydrogen) atoms. The molecule has 3 aliphatic carbocycles. The molecule has 2 amide bonds. The Balaban J connectivity index is 1.62. The molecule has 1 heterocycles. The van der Waals surface area contributed by atoms with Crippen LogP contribution in [-0.4, -0.2) is 35.8 Å². The monoisotopic (exact) mass is 545 g/mol. The van der Waals surface area contributed by atoms with Crippen LogP contribution in [0.25, 0.3) is 0 Å². The summed E-state index contributed by atoms with van der Waals surface area (Å²) in [7, 11) is 0. The van der Waals surface area contributed by atoms with Gasteiger partial charge < -0.3 is 4.74 Å². The summed E-state index contributed by atoms with van der Waals surface area (Å²) in [6.07, 6.45) is 1.65. The van der Waals surface area contributed by atoms with E-state index >= 15 is 0 Å². The van der Waals surface area contributed by atoms with Crippen LogP contribution >= 0.6 is 31.9 Å². The number of likely N-dealkylation sites (tertiary alicyclic amines) is 1. The zero-order chi connectivity index (χ0) is 22.0. The van der Waals surface area contributed by atoms with Gasteiger partial charge in [-0.2, -0.15) is 0 Å². The van der Waals surface area contributed by atoms with Gasteiger partial charge in [-0.1, -0.05) is 93.7 Å². The third-order valence-corrected chi connectivity index (χ3v) is 9.42. The Kier molecular flexibility index (Phi) is 4.90. The number of benzene rings is 2. The van der Waals surface area contributed by atoms with E-state index in [1.807, 2.05) is 55.5 Å². The van der Waals surface area contributed by atoms with E-state index < -0.39 is 26.5 Å². The number of imide groups is 1. The molecule has 6 rings (SSSR count). The van der Waals surface area contributed by atoms with Crippen molar-refractivity contribution >= 4 is 49.6 Å². The summed E-state index contributed by atoms with van der Waals surface area (Å²) >= 11 is 7.88. The Morgan fingerprint density at radius 3 is 1.71 bits per heavy atom. The molecule has 1 saturated heterocycles. The van der Waals surface area contributed by atoms with E-state index in [4.69, 9.17) is 4.74 Å². The molecular weight excluding hydrogens is 526 g/mol. The van der Waals surface area contributed by atoms with Gasteiger partial charge in [0.25, 0.3) is 0 Å². The molecule has 0 unspecified atom stereocenters. The van der Waals surface area contributed by atoms with Gasteiger partial charge in [0.2, 0.25) is 11.8 Å². The number of esters is 1. The Hall–Kier alpha value is -1.99. The van der Waals surface area contributed by atoms with E-state index in [1.54, 1.807) is 0 Å². The first kappa shape index (κ1) is 20.9. The van der Waals surface area contributed by atoms with Crippen LogP contribution in [-0.2, 0) is 27.8 Å². The Labute approximate surface area is 197 Å². The highest BCUT2D eigenvalue weighted by Gasteiger charge is 2.72. The summed E-state index contributed by atoms with van der Waals surface area (Å²) in [4.78, 5) is 40.7. The highest BCUT2D eigenvalue weighted by atomic mass is 79.9. The van der Waals surface area contributed by atoms with Gasteiger partial charge in [0, 0.05) is 0 Å². The van der Waals surface area contributed by atoms with Crippen LogP contribution in [0.4, 0.5) is 0 Å². The lowest BCUT2D eigenvalue weighted by atomic mass is 9.54. The largest absolute Gasteiger partial charge is 0.464 e. The smallest absolute Gasteiger partial charge is 0.326 e. The summed E-state index contributed by atoms with van der Waals surface area (Å²) in [5.41, 5.74) is 3.89. The number of alkyl halides is 2. The maximum atomic E-state index is 13.6. The van der Waals surface area contributed by atoms with Gasteiger partial charge in [-0.05, 0) is 28.7 Å². The van der Waals surface area contributed by atoms with Crippen molar-refractivity contribution in [2.75, 3.05) is 13.2 Å². The predicted octanol–water partition coefficient (Wildman–Crippen LogP) is 4.24. The molecule has 0 saturated carbocycles. The fraction of sp³-hybridized carbons (Fsp3) is 0.375. The number of carbonyl (C=O) groups excluding carboxylic acids is 3. The standard InChI is InChI=1S/C24H21Br2NO4/c1-2-3-12-31-18(28)13-27-21(29)19-20(22(27)30)24(26)15-9-5-4-8-14(15)23(19,25)16-10-6-7-11-17(16)24/h4-11,19-20H,2-3,12-13H2,1H3/t19-,20-,23?,24?/m1/s1. The van der Waals surface area contributed by atoms with Crippen LogP contribution in [0.5, 0.6) is 0 Å². The maximum Gasteiger partial charge on any atom is 0.326 e. The molecule has 5 nitrogen and oxygen atoms in total. The van der Waals surface area contributed by atoms with Crippen molar-refractivity contribution in [3.8, 4) is 0 Å². The lowest BCUT2D eigenvalue weighted by Crippen LogP contribution is -2.56. The van der Waals surface area contributed by atoms with Crippen molar-refractivity contribution < 1.29 is 19.1 Å². The lowest BCUT2D eigenvalue weighted by Gasteiger charge is -2.55. The minimum atomic E-state index is -0.839. The van der Waals surface area contributed by atoms with Crippen molar-refractivity contribution in [2.24, 2.45) is 11.8 Å². The van der Waals surface area contributed by atoms with Gasteiger partial charge in [-0.3, -0.25) is 19.3 Å². The molecule has 1 aliphatic heterocycles. The number of ether oxygens (including phenoxy) is 1. The van der Waals surface area contributed by atoms with Crippen LogP contribution in [0.1, 0.15) is 42.0 Å². The van der Waals surface area contributed by atoms with Crippen molar-refractivity contribution in [3.05, 3.63) is 70.8 Å². The molecule has 2 atom stereocenters. The second kappa shape index (κ2) is 7.27. The first-order chi connectivity index (χ1) is 14.9. The number of hydrogen-bond donors (Lipinski definition) is 0. The summed E-state index contributed by atoms with van der Waals surface area (Å²) in [6, 6.07) is 15.8. The van der Waals surface area contributed by atoms with Gasteiger partial charge in [0.1, 0.15) is 6.54 Å². The van der Waals surface area contributed by atoms with Crippen molar-refractivity contribution in [1.29, 1.82) is 0 Å². The fourth-order valence-corrected chi connectivity index (χ4v) is 7.69. The lowest BCUT2D eigenvalue weighted by molar-refractivity contribution is -0.153. The Morgan fingerprint density at radius 2 is 1.32 bits per heavy atom. The summed E-state index contributed by atoms with van der Waals surface area (Å²) < 4.78 is 3.55. The van der Waals surface area contributed by atoms with Gasteiger partial charge in [-0.25, -0.2) is 0 Å². The van der Waals surface area contributed by atoms with Gasteiger partial charge >= 0.3 is 5.97 Å². The minimum absolute atomic E-state index is 0.292. The molecule has 1 fully saturated rings. The summed E-state index contributed by atoms with van der Waals surface area (Å²) in [6.45, 7) is 1.94. The molecule has 7 heteroatoms. The number of nitrogens with zero attached hydrogens (tertiary/aromatic N) is 1. The number of carbonyl (C=O) groups is 3. The Morgan fingerprint density at radius 1 is 0.903 bits per heavy atom. The topological polar surface area (TPSA) is 63.7 Å². The van der Waals surface area contributed by atoms with Crippen molar-refractivity contribution in [3.63, 3.8) is 0 Å². The molecule has 4 aliphatic rings. The summed E-state index contributed by atoms with van der Waals surface area (Å²) in [5, 5.41) is 0. The van der Waals surface area contributed by atoms with Crippen LogP contribution in [0.3, 0.4) is 0 Å². The average Bonchev–Trinajstić information content (AvgIpc) is 3.03. The van der Waals surface area contributed by atoms with Gasteiger partial charge in [0.05, 0.1) is 27.1 Å². The Bertz CT molecular complexity index is 993. The number of unbranched alkanes of at least 4 members (excludes halogenated alkanes) is 1. The first-order valence-corrected chi connectivity index (χ1v) is 12.0. The van der Waals surface area contributed by atoms with Crippen LogP contribution in [0, 0.1) is 11.8 Å². The van der Waals surface area contributed by atoms with E-state index in [1.165, 1.54) is 0 Å². The van der Waals surface area contributed by atoms with Crippen LogP contribution < -0.4 is 0 Å². The average molecular weight is 547 g/mol. The molecule has 0 spiro atoms. The first-order valence-electron chi connectivity index (χ1n) is 10.4. The molecule has 2 aromatic rings. The van der Waals surface area contributed by atoms with E-state index in [0.29, 0.717) is 6.61 Å². The van der Waals surface area contributed by atoms with Crippen LogP contribution in [0.2, 0.25) is 0 Å². The van der Waals surface area contributed by atoms with E-state index in [2.05, 4.69) is 31.9 Å². The normalized spacial score (nSPS) is 30.1. The number of hydrogen-bond acceptors (Lipinski definition) is 4.